The molecular formula is C10H10N4O2. The zero-order valence-corrected chi connectivity index (χ0v) is 8.58. The number of anilines is 1. The molecule has 0 radical (unpaired) electrons. The molecule has 0 aromatic carbocycles. The average molecular weight is 218 g/mol. The van der Waals surface area contributed by atoms with E-state index in [0.29, 0.717) is 5.82 Å². The molecule has 0 bridgehead atoms. The standard InChI is InChI=1S/C10H10N4O2/c1-6-3-13-14(5-6)9-8(11)2-7(4-12-9)10(15)16/h2-5H,11H2,1H3,(H,15,16). The van der Waals surface area contributed by atoms with Crippen LogP contribution in [0, 0.1) is 6.92 Å². The first-order chi connectivity index (χ1) is 7.58. The van der Waals surface area contributed by atoms with Crippen molar-refractivity contribution in [2.45, 2.75) is 6.92 Å². The minimum Gasteiger partial charge on any atom is -0.478 e. The molecule has 0 aliphatic carbocycles. The fraction of sp³-hybridized carbons (Fsp3) is 0.100. The van der Waals surface area contributed by atoms with Gasteiger partial charge in [-0.05, 0) is 18.6 Å². The summed E-state index contributed by atoms with van der Waals surface area (Å²) in [4.78, 5) is 14.7. The number of hydrogen-bond acceptors (Lipinski definition) is 4. The van der Waals surface area contributed by atoms with Crippen molar-refractivity contribution in [1.82, 2.24) is 14.8 Å². The van der Waals surface area contributed by atoms with E-state index in [-0.39, 0.29) is 11.3 Å². The van der Waals surface area contributed by atoms with Gasteiger partial charge in [-0.2, -0.15) is 5.10 Å². The zero-order valence-electron chi connectivity index (χ0n) is 8.58. The van der Waals surface area contributed by atoms with Crippen LogP contribution < -0.4 is 5.73 Å². The summed E-state index contributed by atoms with van der Waals surface area (Å²) >= 11 is 0. The quantitative estimate of drug-likeness (QED) is 0.779. The van der Waals surface area contributed by atoms with Gasteiger partial charge in [0.15, 0.2) is 5.82 Å². The molecule has 0 saturated carbocycles. The molecule has 6 heteroatoms. The fourth-order valence-corrected chi connectivity index (χ4v) is 1.31. The number of pyridine rings is 1. The van der Waals surface area contributed by atoms with E-state index in [1.54, 1.807) is 12.4 Å². The van der Waals surface area contributed by atoms with E-state index in [1.807, 2.05) is 6.92 Å². The molecule has 16 heavy (non-hydrogen) atoms. The highest BCUT2D eigenvalue weighted by Gasteiger charge is 2.09. The van der Waals surface area contributed by atoms with Crippen LogP contribution in [0.3, 0.4) is 0 Å². The van der Waals surface area contributed by atoms with Gasteiger partial charge in [-0.3, -0.25) is 0 Å². The zero-order chi connectivity index (χ0) is 11.7. The Hall–Kier alpha value is -2.37. The molecule has 0 aliphatic rings. The van der Waals surface area contributed by atoms with Crippen LogP contribution in [-0.4, -0.2) is 25.8 Å². The van der Waals surface area contributed by atoms with Gasteiger partial charge < -0.3 is 10.8 Å². The van der Waals surface area contributed by atoms with Gasteiger partial charge in [-0.15, -0.1) is 0 Å². The Morgan fingerprint density at radius 1 is 1.50 bits per heavy atom. The Kier molecular flexibility index (Phi) is 2.32. The van der Waals surface area contributed by atoms with Crippen LogP contribution in [0.4, 0.5) is 5.69 Å². The molecule has 0 atom stereocenters. The highest BCUT2D eigenvalue weighted by molar-refractivity contribution is 5.88. The summed E-state index contributed by atoms with van der Waals surface area (Å²) in [5.41, 5.74) is 7.03. The first kappa shape index (κ1) is 10.2. The lowest BCUT2D eigenvalue weighted by molar-refractivity contribution is 0.0696. The van der Waals surface area contributed by atoms with Gasteiger partial charge >= 0.3 is 5.97 Å². The number of aromatic nitrogens is 3. The predicted molar refractivity (Wildman–Crippen MR) is 57.5 cm³/mol. The second kappa shape index (κ2) is 3.65. The lowest BCUT2D eigenvalue weighted by atomic mass is 10.2. The number of nitrogen functional groups attached to an aromatic ring is 1. The summed E-state index contributed by atoms with van der Waals surface area (Å²) in [6, 6.07) is 1.36. The van der Waals surface area contributed by atoms with Crippen LogP contribution in [-0.2, 0) is 0 Å². The molecule has 2 aromatic heterocycles. The van der Waals surface area contributed by atoms with Crippen LogP contribution in [0.1, 0.15) is 15.9 Å². The molecule has 0 spiro atoms. The van der Waals surface area contributed by atoms with E-state index < -0.39 is 5.97 Å². The van der Waals surface area contributed by atoms with Gasteiger partial charge in [-0.1, -0.05) is 0 Å². The van der Waals surface area contributed by atoms with E-state index in [1.165, 1.54) is 16.9 Å². The molecule has 82 valence electrons. The van der Waals surface area contributed by atoms with E-state index in [2.05, 4.69) is 10.1 Å². The summed E-state index contributed by atoms with van der Waals surface area (Å²) in [6.07, 6.45) is 4.69. The molecule has 0 unspecified atom stereocenters. The normalized spacial score (nSPS) is 10.3. The minimum absolute atomic E-state index is 0.0603. The van der Waals surface area contributed by atoms with Crippen LogP contribution in [0.5, 0.6) is 0 Å². The van der Waals surface area contributed by atoms with Gasteiger partial charge in [0.2, 0.25) is 0 Å². The lowest BCUT2D eigenvalue weighted by Crippen LogP contribution is -2.06. The van der Waals surface area contributed by atoms with Crippen molar-refractivity contribution < 1.29 is 9.90 Å². The first-order valence-corrected chi connectivity index (χ1v) is 4.58. The van der Waals surface area contributed by atoms with Crippen molar-refractivity contribution in [3.63, 3.8) is 0 Å². The monoisotopic (exact) mass is 218 g/mol. The number of nitrogens with zero attached hydrogens (tertiary/aromatic N) is 3. The molecule has 2 heterocycles. The molecule has 0 saturated heterocycles. The Bertz CT molecular complexity index is 548. The number of rotatable bonds is 2. The second-order valence-corrected chi connectivity index (χ2v) is 3.40. The molecular weight excluding hydrogens is 208 g/mol. The molecule has 6 nitrogen and oxygen atoms in total. The van der Waals surface area contributed by atoms with Crippen molar-refractivity contribution in [3.05, 3.63) is 35.8 Å². The SMILES string of the molecule is Cc1cnn(-c2ncc(C(=O)O)cc2N)c1. The van der Waals surface area contributed by atoms with Crippen molar-refractivity contribution in [2.24, 2.45) is 0 Å². The van der Waals surface area contributed by atoms with E-state index in [4.69, 9.17) is 10.8 Å². The minimum atomic E-state index is -1.05. The number of carboxylic acid groups (broad SMARTS) is 1. The van der Waals surface area contributed by atoms with Crippen molar-refractivity contribution >= 4 is 11.7 Å². The second-order valence-electron chi connectivity index (χ2n) is 3.40. The van der Waals surface area contributed by atoms with Crippen molar-refractivity contribution in [1.29, 1.82) is 0 Å². The van der Waals surface area contributed by atoms with E-state index in [9.17, 15) is 4.79 Å². The van der Waals surface area contributed by atoms with Crippen molar-refractivity contribution in [2.75, 3.05) is 5.73 Å². The number of aryl methyl sites for hydroxylation is 1. The summed E-state index contributed by atoms with van der Waals surface area (Å²) < 4.78 is 1.51. The number of hydrogen-bond donors (Lipinski definition) is 2. The van der Waals surface area contributed by atoms with Gasteiger partial charge in [-0.25, -0.2) is 14.5 Å². The number of carboxylic acids is 1. The Balaban J connectivity index is 2.47. The van der Waals surface area contributed by atoms with Crippen molar-refractivity contribution in [3.8, 4) is 5.82 Å². The number of carbonyl (C=O) groups is 1. The fourth-order valence-electron chi connectivity index (χ4n) is 1.31. The maximum Gasteiger partial charge on any atom is 0.337 e. The van der Waals surface area contributed by atoms with Crippen LogP contribution in [0.2, 0.25) is 0 Å². The Morgan fingerprint density at radius 3 is 2.75 bits per heavy atom. The molecule has 0 aliphatic heterocycles. The average Bonchev–Trinajstić information content (AvgIpc) is 2.64. The summed E-state index contributed by atoms with van der Waals surface area (Å²) in [6.45, 7) is 1.89. The Labute approximate surface area is 91.3 Å². The predicted octanol–water partition coefficient (Wildman–Crippen LogP) is 0.856. The van der Waals surface area contributed by atoms with E-state index >= 15 is 0 Å². The van der Waals surface area contributed by atoms with Gasteiger partial charge in [0, 0.05) is 12.4 Å². The lowest BCUT2D eigenvalue weighted by Gasteiger charge is -2.04. The van der Waals surface area contributed by atoms with Gasteiger partial charge in [0.25, 0.3) is 0 Å². The van der Waals surface area contributed by atoms with Crippen LogP contribution >= 0.6 is 0 Å². The highest BCUT2D eigenvalue weighted by atomic mass is 16.4. The maximum absolute atomic E-state index is 10.7. The molecule has 0 fully saturated rings. The summed E-state index contributed by atoms with van der Waals surface area (Å²) in [7, 11) is 0. The maximum atomic E-state index is 10.7. The third kappa shape index (κ3) is 1.72. The van der Waals surface area contributed by atoms with Crippen LogP contribution in [0.15, 0.2) is 24.7 Å². The Morgan fingerprint density at radius 2 is 2.25 bits per heavy atom. The largest absolute Gasteiger partial charge is 0.478 e. The van der Waals surface area contributed by atoms with Gasteiger partial charge in [0.1, 0.15) is 0 Å². The van der Waals surface area contributed by atoms with Gasteiger partial charge in [0.05, 0.1) is 17.4 Å². The smallest absolute Gasteiger partial charge is 0.337 e. The molecule has 0 amide bonds. The van der Waals surface area contributed by atoms with E-state index in [0.717, 1.165) is 5.56 Å². The van der Waals surface area contributed by atoms with Crippen LogP contribution in [0.25, 0.3) is 5.82 Å². The third-order valence-corrected chi connectivity index (χ3v) is 2.07. The molecule has 3 N–H and O–H groups in total. The summed E-state index contributed by atoms with van der Waals surface area (Å²) in [5, 5.41) is 12.8. The number of nitrogens with two attached hydrogens (primary N) is 1. The molecule has 2 aromatic rings. The third-order valence-electron chi connectivity index (χ3n) is 2.07. The topological polar surface area (TPSA) is 94.0 Å². The highest BCUT2D eigenvalue weighted by Crippen LogP contribution is 2.15. The number of aromatic carboxylic acids is 1. The first-order valence-electron chi connectivity index (χ1n) is 4.58. The summed E-state index contributed by atoms with van der Waals surface area (Å²) in [5.74, 6) is -0.625. The molecule has 2 rings (SSSR count).